The Morgan fingerprint density at radius 3 is 2.53 bits per heavy atom. The lowest BCUT2D eigenvalue weighted by Crippen LogP contribution is -2.46. The highest BCUT2D eigenvalue weighted by Gasteiger charge is 2.35. The summed E-state index contributed by atoms with van der Waals surface area (Å²) in [5, 5.41) is 3.49. The zero-order valence-electron chi connectivity index (χ0n) is 12.0. The molecule has 4 heteroatoms. The number of rotatable bonds is 3. The van der Waals surface area contributed by atoms with Crippen LogP contribution in [0.25, 0.3) is 0 Å². The zero-order valence-corrected chi connectivity index (χ0v) is 12.0. The Morgan fingerprint density at radius 1 is 1.05 bits per heavy atom. The number of piperidine rings is 2. The van der Waals surface area contributed by atoms with Crippen LogP contribution in [-0.4, -0.2) is 63.5 Å². The van der Waals surface area contributed by atoms with E-state index in [1.165, 1.54) is 58.4 Å². The van der Waals surface area contributed by atoms with Crippen molar-refractivity contribution in [1.82, 2.24) is 10.2 Å². The molecule has 3 heterocycles. The summed E-state index contributed by atoms with van der Waals surface area (Å²) in [5.41, 5.74) is 0.673. The first kappa shape index (κ1) is 13.8. The normalized spacial score (nSPS) is 32.5. The summed E-state index contributed by atoms with van der Waals surface area (Å²) >= 11 is 0. The molecule has 0 aromatic carbocycles. The Hall–Kier alpha value is -0.160. The molecule has 3 fully saturated rings. The van der Waals surface area contributed by atoms with Gasteiger partial charge in [-0.1, -0.05) is 0 Å². The van der Waals surface area contributed by atoms with E-state index >= 15 is 0 Å². The third-order valence-corrected chi connectivity index (χ3v) is 5.23. The molecule has 0 saturated carbocycles. The number of nitrogens with zero attached hydrogens (tertiary/aromatic N) is 1. The second kappa shape index (κ2) is 6.53. The van der Waals surface area contributed by atoms with E-state index in [0.717, 1.165) is 26.2 Å². The van der Waals surface area contributed by atoms with Gasteiger partial charge < -0.3 is 19.7 Å². The van der Waals surface area contributed by atoms with Crippen molar-refractivity contribution in [3.63, 3.8) is 0 Å². The van der Waals surface area contributed by atoms with E-state index in [0.29, 0.717) is 11.5 Å². The van der Waals surface area contributed by atoms with Gasteiger partial charge in [0.1, 0.15) is 0 Å². The smallest absolute Gasteiger partial charge is 0.0821 e. The molecule has 0 aromatic heterocycles. The first-order chi connectivity index (χ1) is 9.36. The van der Waals surface area contributed by atoms with Crippen LogP contribution in [-0.2, 0) is 9.47 Å². The predicted molar refractivity (Wildman–Crippen MR) is 75.4 cm³/mol. The molecule has 1 spiro atoms. The number of nitrogens with one attached hydrogen (secondary N) is 1. The first-order valence-corrected chi connectivity index (χ1v) is 7.99. The number of ether oxygens (including phenoxy) is 2. The molecule has 0 amide bonds. The second-order valence-electron chi connectivity index (χ2n) is 6.45. The summed E-state index contributed by atoms with van der Waals surface area (Å²) in [6.45, 7) is 8.56. The summed E-state index contributed by atoms with van der Waals surface area (Å²) in [6.07, 6.45) is 7.05. The Balaban J connectivity index is 1.37. The van der Waals surface area contributed by atoms with Crippen LogP contribution in [0.15, 0.2) is 0 Å². The van der Waals surface area contributed by atoms with E-state index in [-0.39, 0.29) is 0 Å². The van der Waals surface area contributed by atoms with Crippen molar-refractivity contribution in [3.05, 3.63) is 0 Å². The number of hydrogen-bond donors (Lipinski definition) is 1. The Labute approximate surface area is 116 Å². The molecule has 3 aliphatic heterocycles. The van der Waals surface area contributed by atoms with Crippen LogP contribution in [0.2, 0.25) is 0 Å². The van der Waals surface area contributed by atoms with Crippen molar-refractivity contribution < 1.29 is 9.47 Å². The third kappa shape index (κ3) is 3.69. The highest BCUT2D eigenvalue weighted by molar-refractivity contribution is 4.89. The van der Waals surface area contributed by atoms with Gasteiger partial charge in [-0.15, -0.1) is 0 Å². The topological polar surface area (TPSA) is 33.7 Å². The fourth-order valence-corrected chi connectivity index (χ4v) is 3.74. The molecule has 1 N–H and O–H groups in total. The first-order valence-electron chi connectivity index (χ1n) is 7.99. The molecule has 3 saturated heterocycles. The Kier molecular flexibility index (Phi) is 4.74. The molecule has 3 aliphatic rings. The summed E-state index contributed by atoms with van der Waals surface area (Å²) in [5.74, 6) is 0. The van der Waals surface area contributed by atoms with Crippen molar-refractivity contribution in [2.24, 2.45) is 5.41 Å². The summed E-state index contributed by atoms with van der Waals surface area (Å²) in [7, 11) is 0. The molecule has 0 radical (unpaired) electrons. The van der Waals surface area contributed by atoms with Gasteiger partial charge in [0.2, 0.25) is 0 Å². The van der Waals surface area contributed by atoms with E-state index < -0.39 is 0 Å². The predicted octanol–water partition coefficient (Wildman–Crippen LogP) is 1.26. The highest BCUT2D eigenvalue weighted by Crippen LogP contribution is 2.39. The van der Waals surface area contributed by atoms with E-state index in [2.05, 4.69) is 10.2 Å². The average molecular weight is 268 g/mol. The SMILES string of the molecule is C1CC2(CCN1)CCN(CCC1COCCO1)CC2. The maximum absolute atomic E-state index is 5.72. The van der Waals surface area contributed by atoms with Gasteiger partial charge in [-0.05, 0) is 63.7 Å². The van der Waals surface area contributed by atoms with Gasteiger partial charge in [0.15, 0.2) is 0 Å². The van der Waals surface area contributed by atoms with Crippen molar-refractivity contribution in [2.45, 2.75) is 38.2 Å². The molecule has 0 bridgehead atoms. The van der Waals surface area contributed by atoms with Gasteiger partial charge >= 0.3 is 0 Å². The van der Waals surface area contributed by atoms with Crippen LogP contribution in [0.4, 0.5) is 0 Å². The third-order valence-electron chi connectivity index (χ3n) is 5.23. The molecule has 1 atom stereocenters. The van der Waals surface area contributed by atoms with Gasteiger partial charge in [-0.25, -0.2) is 0 Å². The Morgan fingerprint density at radius 2 is 1.84 bits per heavy atom. The molecule has 4 nitrogen and oxygen atoms in total. The average Bonchev–Trinajstić information content (AvgIpc) is 2.49. The van der Waals surface area contributed by atoms with Crippen LogP contribution in [0.5, 0.6) is 0 Å². The van der Waals surface area contributed by atoms with Crippen LogP contribution in [0.3, 0.4) is 0 Å². The van der Waals surface area contributed by atoms with Crippen LogP contribution >= 0.6 is 0 Å². The molecule has 3 rings (SSSR count). The van der Waals surface area contributed by atoms with E-state index in [1.807, 2.05) is 0 Å². The quantitative estimate of drug-likeness (QED) is 0.835. The lowest BCUT2D eigenvalue weighted by molar-refractivity contribution is -0.0936. The number of likely N-dealkylation sites (tertiary alicyclic amines) is 1. The minimum absolute atomic E-state index is 0.337. The summed E-state index contributed by atoms with van der Waals surface area (Å²) < 4.78 is 11.2. The van der Waals surface area contributed by atoms with Gasteiger partial charge in [-0.2, -0.15) is 0 Å². The second-order valence-corrected chi connectivity index (χ2v) is 6.45. The molecular formula is C15H28N2O2. The molecular weight excluding hydrogens is 240 g/mol. The van der Waals surface area contributed by atoms with Gasteiger partial charge in [0.05, 0.1) is 25.9 Å². The molecule has 110 valence electrons. The zero-order chi connectivity index (χ0) is 13.0. The molecule has 0 aliphatic carbocycles. The van der Waals surface area contributed by atoms with Crippen LogP contribution < -0.4 is 5.32 Å². The lowest BCUT2D eigenvalue weighted by Gasteiger charge is -2.44. The van der Waals surface area contributed by atoms with E-state index in [9.17, 15) is 0 Å². The largest absolute Gasteiger partial charge is 0.376 e. The van der Waals surface area contributed by atoms with Crippen LogP contribution in [0, 0.1) is 5.41 Å². The van der Waals surface area contributed by atoms with E-state index in [4.69, 9.17) is 9.47 Å². The monoisotopic (exact) mass is 268 g/mol. The number of hydrogen-bond acceptors (Lipinski definition) is 4. The minimum atomic E-state index is 0.337. The van der Waals surface area contributed by atoms with Crippen molar-refractivity contribution in [1.29, 1.82) is 0 Å². The fourth-order valence-electron chi connectivity index (χ4n) is 3.74. The van der Waals surface area contributed by atoms with Gasteiger partial charge in [-0.3, -0.25) is 0 Å². The van der Waals surface area contributed by atoms with E-state index in [1.54, 1.807) is 0 Å². The standard InChI is InChI=1S/C15H28N2O2/c1(14-13-18-11-12-19-14)8-17-9-4-15(5-10-17)2-6-16-7-3-15/h14,16H,1-13H2. The highest BCUT2D eigenvalue weighted by atomic mass is 16.6. The minimum Gasteiger partial charge on any atom is -0.376 e. The summed E-state index contributed by atoms with van der Waals surface area (Å²) in [4.78, 5) is 2.63. The van der Waals surface area contributed by atoms with Crippen molar-refractivity contribution in [2.75, 3.05) is 52.5 Å². The van der Waals surface area contributed by atoms with Crippen LogP contribution in [0.1, 0.15) is 32.1 Å². The molecule has 1 unspecified atom stereocenters. The van der Waals surface area contributed by atoms with Gasteiger partial charge in [0, 0.05) is 6.54 Å². The van der Waals surface area contributed by atoms with Crippen molar-refractivity contribution >= 4 is 0 Å². The molecule has 0 aromatic rings. The molecule has 19 heavy (non-hydrogen) atoms. The lowest BCUT2D eigenvalue weighted by atomic mass is 9.71. The fraction of sp³-hybridized carbons (Fsp3) is 1.00. The van der Waals surface area contributed by atoms with Crippen molar-refractivity contribution in [3.8, 4) is 0 Å². The van der Waals surface area contributed by atoms with Gasteiger partial charge in [0.25, 0.3) is 0 Å². The maximum Gasteiger partial charge on any atom is 0.0821 e. The Bertz CT molecular complexity index is 261. The maximum atomic E-state index is 5.72. The summed E-state index contributed by atoms with van der Waals surface area (Å²) in [6, 6.07) is 0.